The van der Waals surface area contributed by atoms with Gasteiger partial charge in [0.2, 0.25) is 5.78 Å². The molecule has 1 aliphatic rings. The Kier molecular flexibility index (Phi) is 5.43. The number of carbonyl (C=O) groups is 1. The van der Waals surface area contributed by atoms with E-state index in [1.54, 1.807) is 29.1 Å². The minimum Gasteiger partial charge on any atom is -0.390 e. The first-order valence-electron chi connectivity index (χ1n) is 8.65. The lowest BCUT2D eigenvalue weighted by atomic mass is 9.99. The molecule has 0 radical (unpaired) electrons. The molecule has 2 aromatic rings. The molecule has 0 saturated carbocycles. The zero-order valence-electron chi connectivity index (χ0n) is 14.1. The number of rotatable bonds is 6. The van der Waals surface area contributed by atoms with Crippen LogP contribution in [0.1, 0.15) is 35.9 Å². The third kappa shape index (κ3) is 4.10. The molecule has 1 atom stereocenters. The summed E-state index contributed by atoms with van der Waals surface area (Å²) in [6.07, 6.45) is 5.25. The fourth-order valence-electron chi connectivity index (χ4n) is 3.21. The fraction of sp³-hybridized carbons (Fsp3) is 0.474. The lowest BCUT2D eigenvalue weighted by Gasteiger charge is -2.31. The van der Waals surface area contributed by atoms with Crippen molar-refractivity contribution in [3.8, 4) is 0 Å². The van der Waals surface area contributed by atoms with E-state index in [4.69, 9.17) is 0 Å². The average molecular weight is 327 g/mol. The Balaban J connectivity index is 1.62. The average Bonchev–Trinajstić information content (AvgIpc) is 3.05. The number of ketones is 1. The molecule has 5 nitrogen and oxygen atoms in total. The van der Waals surface area contributed by atoms with E-state index in [1.165, 1.54) is 12.8 Å². The number of aromatic nitrogens is 2. The lowest BCUT2D eigenvalue weighted by Crippen LogP contribution is -2.39. The standard InChI is InChI=1S/C19H25N3O2/c1-15-7-10-21(11-8-15)13-17(23)14-22-12-9-20-19(22)18(24)16-5-3-2-4-6-16/h2-6,9,12,15,17,23H,7-8,10-11,13-14H2,1H3/t17-/m1/s1. The molecule has 1 aromatic carbocycles. The zero-order chi connectivity index (χ0) is 16.9. The molecule has 0 amide bonds. The highest BCUT2D eigenvalue weighted by Gasteiger charge is 2.20. The summed E-state index contributed by atoms with van der Waals surface area (Å²) in [6, 6.07) is 9.13. The highest BCUT2D eigenvalue weighted by atomic mass is 16.3. The summed E-state index contributed by atoms with van der Waals surface area (Å²) in [5, 5.41) is 10.4. The van der Waals surface area contributed by atoms with Crippen molar-refractivity contribution < 1.29 is 9.90 Å². The maximum absolute atomic E-state index is 12.6. The van der Waals surface area contributed by atoms with Crippen molar-refractivity contribution in [2.75, 3.05) is 19.6 Å². The summed E-state index contributed by atoms with van der Waals surface area (Å²) < 4.78 is 1.76. The van der Waals surface area contributed by atoms with Gasteiger partial charge in [-0.15, -0.1) is 0 Å². The van der Waals surface area contributed by atoms with Gasteiger partial charge in [0, 0.05) is 24.5 Å². The van der Waals surface area contributed by atoms with Gasteiger partial charge in [-0.05, 0) is 31.8 Å². The van der Waals surface area contributed by atoms with Gasteiger partial charge in [0.1, 0.15) is 0 Å². The van der Waals surface area contributed by atoms with E-state index in [0.29, 0.717) is 24.5 Å². The molecule has 0 aliphatic carbocycles. The molecule has 0 unspecified atom stereocenters. The summed E-state index contributed by atoms with van der Waals surface area (Å²) in [5.74, 6) is 1.05. The Labute approximate surface area is 142 Å². The molecule has 1 N–H and O–H groups in total. The summed E-state index contributed by atoms with van der Waals surface area (Å²) in [7, 11) is 0. The quantitative estimate of drug-likeness (QED) is 0.827. The van der Waals surface area contributed by atoms with Gasteiger partial charge in [-0.2, -0.15) is 0 Å². The van der Waals surface area contributed by atoms with Crippen LogP contribution in [0.4, 0.5) is 0 Å². The van der Waals surface area contributed by atoms with E-state index in [-0.39, 0.29) is 5.78 Å². The number of hydrogen-bond acceptors (Lipinski definition) is 4. The number of hydrogen-bond donors (Lipinski definition) is 1. The first kappa shape index (κ1) is 16.9. The minimum absolute atomic E-state index is 0.111. The van der Waals surface area contributed by atoms with E-state index in [0.717, 1.165) is 19.0 Å². The molecule has 1 saturated heterocycles. The molecule has 0 bridgehead atoms. The molecule has 1 fully saturated rings. The van der Waals surface area contributed by atoms with Crippen molar-refractivity contribution >= 4 is 5.78 Å². The SMILES string of the molecule is CC1CCN(C[C@@H](O)Cn2ccnc2C(=O)c2ccccc2)CC1. The first-order chi connectivity index (χ1) is 11.6. The summed E-state index contributed by atoms with van der Waals surface area (Å²) >= 11 is 0. The summed E-state index contributed by atoms with van der Waals surface area (Å²) in [6.45, 7) is 5.39. The van der Waals surface area contributed by atoms with Crippen LogP contribution in [-0.4, -0.2) is 51.1 Å². The second-order valence-electron chi connectivity index (χ2n) is 6.74. The smallest absolute Gasteiger partial charge is 0.228 e. The monoisotopic (exact) mass is 327 g/mol. The van der Waals surface area contributed by atoms with Crippen LogP contribution in [0.25, 0.3) is 0 Å². The Morgan fingerprint density at radius 1 is 1.25 bits per heavy atom. The summed E-state index contributed by atoms with van der Waals surface area (Å²) in [5.41, 5.74) is 0.615. The highest BCUT2D eigenvalue weighted by Crippen LogP contribution is 2.16. The van der Waals surface area contributed by atoms with Crippen LogP contribution in [-0.2, 0) is 6.54 Å². The largest absolute Gasteiger partial charge is 0.390 e. The van der Waals surface area contributed by atoms with E-state index in [9.17, 15) is 9.90 Å². The summed E-state index contributed by atoms with van der Waals surface area (Å²) in [4.78, 5) is 19.1. The van der Waals surface area contributed by atoms with E-state index >= 15 is 0 Å². The van der Waals surface area contributed by atoms with Gasteiger partial charge >= 0.3 is 0 Å². The molecule has 5 heteroatoms. The third-order valence-electron chi connectivity index (χ3n) is 4.71. The number of nitrogens with zero attached hydrogens (tertiary/aromatic N) is 3. The second kappa shape index (κ2) is 7.73. The zero-order valence-corrected chi connectivity index (χ0v) is 14.1. The van der Waals surface area contributed by atoms with Gasteiger partial charge in [-0.3, -0.25) is 4.79 Å². The number of imidazole rings is 1. The predicted octanol–water partition coefficient (Wildman–Crippen LogP) is 2.21. The maximum atomic E-state index is 12.6. The van der Waals surface area contributed by atoms with Crippen LogP contribution in [0.3, 0.4) is 0 Å². The Bertz CT molecular complexity index is 660. The molecule has 24 heavy (non-hydrogen) atoms. The molecule has 2 heterocycles. The number of β-amino-alcohol motifs (C(OH)–C–C–N with tert-alkyl or cyclic N) is 1. The van der Waals surface area contributed by atoms with Crippen LogP contribution in [0.5, 0.6) is 0 Å². The van der Waals surface area contributed by atoms with Gasteiger partial charge in [0.25, 0.3) is 0 Å². The van der Waals surface area contributed by atoms with Crippen molar-refractivity contribution in [3.63, 3.8) is 0 Å². The van der Waals surface area contributed by atoms with Crippen molar-refractivity contribution in [2.24, 2.45) is 5.92 Å². The van der Waals surface area contributed by atoms with Gasteiger partial charge in [0.05, 0.1) is 12.6 Å². The van der Waals surface area contributed by atoms with E-state index in [2.05, 4.69) is 16.8 Å². The molecule has 1 aromatic heterocycles. The van der Waals surface area contributed by atoms with E-state index in [1.807, 2.05) is 18.2 Å². The van der Waals surface area contributed by atoms with Crippen molar-refractivity contribution in [3.05, 3.63) is 54.1 Å². The molecular formula is C19H25N3O2. The van der Waals surface area contributed by atoms with E-state index < -0.39 is 6.10 Å². The van der Waals surface area contributed by atoms with Crippen LogP contribution in [0.2, 0.25) is 0 Å². The lowest BCUT2D eigenvalue weighted by molar-refractivity contribution is 0.0788. The molecule has 3 rings (SSSR count). The number of aliphatic hydroxyl groups is 1. The number of carbonyl (C=O) groups excluding carboxylic acids is 1. The van der Waals surface area contributed by atoms with Crippen molar-refractivity contribution in [1.82, 2.24) is 14.5 Å². The Morgan fingerprint density at radius 3 is 2.67 bits per heavy atom. The van der Waals surface area contributed by atoms with Gasteiger partial charge < -0.3 is 14.6 Å². The van der Waals surface area contributed by atoms with Crippen molar-refractivity contribution in [1.29, 1.82) is 0 Å². The fourth-order valence-corrected chi connectivity index (χ4v) is 3.21. The topological polar surface area (TPSA) is 58.4 Å². The van der Waals surface area contributed by atoms with Crippen LogP contribution in [0.15, 0.2) is 42.7 Å². The first-order valence-corrected chi connectivity index (χ1v) is 8.65. The predicted molar refractivity (Wildman–Crippen MR) is 92.9 cm³/mol. The second-order valence-corrected chi connectivity index (χ2v) is 6.74. The van der Waals surface area contributed by atoms with Crippen LogP contribution < -0.4 is 0 Å². The van der Waals surface area contributed by atoms with Gasteiger partial charge in [-0.25, -0.2) is 4.98 Å². The highest BCUT2D eigenvalue weighted by molar-refractivity contribution is 6.06. The van der Waals surface area contributed by atoms with Gasteiger partial charge in [-0.1, -0.05) is 37.3 Å². The number of benzene rings is 1. The van der Waals surface area contributed by atoms with Crippen LogP contribution in [0, 0.1) is 5.92 Å². The van der Waals surface area contributed by atoms with Crippen LogP contribution >= 0.6 is 0 Å². The number of aliphatic hydroxyl groups excluding tert-OH is 1. The van der Waals surface area contributed by atoms with Gasteiger partial charge in [0.15, 0.2) is 5.82 Å². The maximum Gasteiger partial charge on any atom is 0.228 e. The molecular weight excluding hydrogens is 302 g/mol. The number of likely N-dealkylation sites (tertiary alicyclic amines) is 1. The molecule has 1 aliphatic heterocycles. The Hall–Kier alpha value is -1.98. The number of piperidine rings is 1. The molecule has 128 valence electrons. The molecule has 0 spiro atoms. The Morgan fingerprint density at radius 2 is 1.96 bits per heavy atom. The minimum atomic E-state index is -0.505. The third-order valence-corrected chi connectivity index (χ3v) is 4.71. The normalized spacial score (nSPS) is 17.8. The van der Waals surface area contributed by atoms with Crippen molar-refractivity contribution in [2.45, 2.75) is 32.4 Å².